The van der Waals surface area contributed by atoms with Gasteiger partial charge in [-0.2, -0.15) is 5.21 Å². The number of H-pyrrole nitrogens is 1. The maximum absolute atomic E-state index is 13.0. The molecule has 0 bridgehead atoms. The van der Waals surface area contributed by atoms with Crippen molar-refractivity contribution in [2.45, 2.75) is 71.1 Å². The summed E-state index contributed by atoms with van der Waals surface area (Å²) in [5.74, 6) is 0.966. The molecule has 12 nitrogen and oxygen atoms in total. The van der Waals surface area contributed by atoms with E-state index in [4.69, 9.17) is 14.5 Å². The second-order valence-corrected chi connectivity index (χ2v) is 13.3. The van der Waals surface area contributed by atoms with Crippen molar-refractivity contribution in [1.29, 1.82) is 0 Å². The van der Waals surface area contributed by atoms with E-state index in [1.54, 1.807) is 51.2 Å². The van der Waals surface area contributed by atoms with E-state index in [0.29, 0.717) is 34.4 Å². The Hall–Kier alpha value is -5.78. The van der Waals surface area contributed by atoms with Gasteiger partial charge in [-0.05, 0) is 111 Å². The van der Waals surface area contributed by atoms with Gasteiger partial charge < -0.3 is 19.1 Å². The lowest BCUT2D eigenvalue weighted by Gasteiger charge is -2.25. The van der Waals surface area contributed by atoms with Gasteiger partial charge in [0, 0.05) is 28.9 Å². The second-order valence-electron chi connectivity index (χ2n) is 13.3. The summed E-state index contributed by atoms with van der Waals surface area (Å²) in [6.45, 7) is 5.49. The highest BCUT2D eigenvalue weighted by molar-refractivity contribution is 5.89. The molecule has 0 aliphatic heterocycles. The average Bonchev–Trinajstić information content (AvgIpc) is 3.87. The smallest absolute Gasteiger partial charge is 0.418 e. The van der Waals surface area contributed by atoms with Crippen LogP contribution in [0.5, 0.6) is 5.75 Å². The molecule has 6 aromatic rings. The monoisotopic (exact) mass is 659 g/mol. The Labute approximate surface area is 282 Å². The zero-order chi connectivity index (χ0) is 34.1. The number of fused-ring (bicyclic) bond motifs is 1. The molecule has 1 saturated carbocycles. The van der Waals surface area contributed by atoms with E-state index >= 15 is 0 Å². The molecule has 0 saturated heterocycles. The van der Waals surface area contributed by atoms with Crippen molar-refractivity contribution < 1.29 is 24.2 Å². The maximum atomic E-state index is 13.0. The molecule has 0 amide bonds. The quantitative estimate of drug-likeness (QED) is 0.166. The fraction of sp³-hybridized carbons (Fsp3) is 0.297. The van der Waals surface area contributed by atoms with Crippen LogP contribution in [-0.4, -0.2) is 57.5 Å². The number of carboxylic acids is 1. The third-order valence-corrected chi connectivity index (χ3v) is 8.71. The van der Waals surface area contributed by atoms with Gasteiger partial charge in [0.25, 0.3) is 0 Å². The van der Waals surface area contributed by atoms with Gasteiger partial charge in [0.2, 0.25) is 5.82 Å². The first kappa shape index (κ1) is 31.8. The van der Waals surface area contributed by atoms with Crippen LogP contribution >= 0.6 is 0 Å². The van der Waals surface area contributed by atoms with E-state index in [1.807, 2.05) is 36.4 Å². The van der Waals surface area contributed by atoms with E-state index in [2.05, 4.69) is 31.3 Å². The number of benzene rings is 3. The number of aromatic carboxylic acids is 1. The lowest BCUT2D eigenvalue weighted by molar-refractivity contribution is 0.0539. The fourth-order valence-corrected chi connectivity index (χ4v) is 6.46. The zero-order valence-electron chi connectivity index (χ0n) is 27.6. The van der Waals surface area contributed by atoms with Crippen molar-refractivity contribution in [3.8, 4) is 39.8 Å². The topological polar surface area (TPSA) is 150 Å². The number of carboxylic acid groups (broad SMARTS) is 1. The second kappa shape index (κ2) is 13.0. The Morgan fingerprint density at radius 2 is 1.73 bits per heavy atom. The highest BCUT2D eigenvalue weighted by atomic mass is 16.6. The van der Waals surface area contributed by atoms with Crippen molar-refractivity contribution in [3.63, 3.8) is 0 Å². The predicted octanol–water partition coefficient (Wildman–Crippen LogP) is 7.92. The Morgan fingerprint density at radius 1 is 0.959 bits per heavy atom. The van der Waals surface area contributed by atoms with Gasteiger partial charge in [0.1, 0.15) is 23.8 Å². The Bertz CT molecular complexity index is 2120. The number of aromatic amines is 1. The molecule has 3 heterocycles. The number of nitrogens with zero attached hydrogens (tertiary/aromatic N) is 6. The highest BCUT2D eigenvalue weighted by Gasteiger charge is 2.24. The molecule has 250 valence electrons. The molecular weight excluding hydrogens is 622 g/mol. The number of aromatic nitrogens is 7. The van der Waals surface area contributed by atoms with Crippen molar-refractivity contribution in [2.24, 2.45) is 0 Å². The van der Waals surface area contributed by atoms with Crippen molar-refractivity contribution in [2.75, 3.05) is 0 Å². The summed E-state index contributed by atoms with van der Waals surface area (Å²) in [4.78, 5) is 30.0. The van der Waals surface area contributed by atoms with Gasteiger partial charge in [-0.15, -0.1) is 10.2 Å². The number of hydrogen-bond donors (Lipinski definition) is 2. The summed E-state index contributed by atoms with van der Waals surface area (Å²) in [5.41, 5.74) is 5.03. The number of imidazole rings is 1. The lowest BCUT2D eigenvalue weighted by Crippen LogP contribution is -2.27. The predicted molar refractivity (Wildman–Crippen MR) is 183 cm³/mol. The normalized spacial score (nSPS) is 13.9. The van der Waals surface area contributed by atoms with Gasteiger partial charge >= 0.3 is 12.1 Å². The number of hydrogen-bond acceptors (Lipinski definition) is 8. The molecule has 1 aliphatic rings. The van der Waals surface area contributed by atoms with Crippen LogP contribution < -0.4 is 4.74 Å². The van der Waals surface area contributed by atoms with Gasteiger partial charge in [-0.25, -0.2) is 14.6 Å². The third-order valence-electron chi connectivity index (χ3n) is 8.71. The highest BCUT2D eigenvalue weighted by Crippen LogP contribution is 2.37. The summed E-state index contributed by atoms with van der Waals surface area (Å²) in [6.07, 6.45) is 6.92. The van der Waals surface area contributed by atoms with Crippen molar-refractivity contribution in [1.82, 2.24) is 34.7 Å². The van der Waals surface area contributed by atoms with Crippen LogP contribution in [0.15, 0.2) is 79.0 Å². The molecule has 12 heteroatoms. The van der Waals surface area contributed by atoms with Gasteiger partial charge in [0.15, 0.2) is 0 Å². The molecular formula is C37H37N7O5. The summed E-state index contributed by atoms with van der Waals surface area (Å²) in [6, 6.07) is 22.6. The van der Waals surface area contributed by atoms with Gasteiger partial charge in [-0.3, -0.25) is 4.57 Å². The van der Waals surface area contributed by atoms with Crippen LogP contribution in [0, 0.1) is 0 Å². The summed E-state index contributed by atoms with van der Waals surface area (Å²) in [7, 11) is 0. The minimum absolute atomic E-state index is 0.0781. The molecule has 3 aromatic carbocycles. The zero-order valence-corrected chi connectivity index (χ0v) is 27.6. The molecule has 0 unspecified atom stereocenters. The number of carbonyl (C=O) groups excluding carboxylic acids is 1. The average molecular weight is 660 g/mol. The first-order valence-corrected chi connectivity index (χ1v) is 16.4. The minimum Gasteiger partial charge on any atom is -0.489 e. The SMILES string of the molecule is CC(C)(C)OC(=O)n1cccc1-c1ccc(C(=O)O)cc1COc1ccc(-c2nc3cc(-c4nn[nH]n4)ccc3n2C2CCCCC2)cc1. The molecule has 2 N–H and O–H groups in total. The van der Waals surface area contributed by atoms with Crippen molar-refractivity contribution >= 4 is 23.1 Å². The van der Waals surface area contributed by atoms with E-state index in [1.165, 1.54) is 29.9 Å². The largest absolute Gasteiger partial charge is 0.489 e. The minimum atomic E-state index is -1.05. The fourth-order valence-electron chi connectivity index (χ4n) is 6.46. The van der Waals surface area contributed by atoms with Crippen LogP contribution in [0.2, 0.25) is 0 Å². The summed E-state index contributed by atoms with van der Waals surface area (Å²) >= 11 is 0. The Kier molecular flexibility index (Phi) is 8.45. The number of nitrogens with one attached hydrogen (secondary N) is 1. The third kappa shape index (κ3) is 6.67. The summed E-state index contributed by atoms with van der Waals surface area (Å²) in [5, 5.41) is 24.2. The van der Waals surface area contributed by atoms with E-state index in [9.17, 15) is 14.7 Å². The number of carbonyl (C=O) groups is 2. The molecule has 1 fully saturated rings. The number of ether oxygens (including phenoxy) is 2. The van der Waals surface area contributed by atoms with E-state index < -0.39 is 17.7 Å². The van der Waals surface area contributed by atoms with Crippen LogP contribution in [0.3, 0.4) is 0 Å². The number of rotatable bonds is 8. The maximum Gasteiger partial charge on any atom is 0.418 e. The summed E-state index contributed by atoms with van der Waals surface area (Å²) < 4.78 is 15.6. The molecule has 49 heavy (non-hydrogen) atoms. The number of tetrazole rings is 1. The molecule has 3 aromatic heterocycles. The van der Waals surface area contributed by atoms with E-state index in [0.717, 1.165) is 40.8 Å². The van der Waals surface area contributed by atoms with Crippen molar-refractivity contribution in [3.05, 3.63) is 90.1 Å². The standard InChI is InChI=1S/C37H37N7O5/c1-37(2,3)49-36(47)43-19-7-10-31(43)29-17-13-25(35(45)46)20-26(29)22-48-28-15-11-23(12-16-28)34-38-30-21-24(33-39-41-42-40-33)14-18-32(30)44(34)27-8-5-4-6-9-27/h7,10-21,27H,4-6,8-9,22H2,1-3H3,(H,45,46)(H,39,40,41,42). The van der Waals surface area contributed by atoms with Crippen LogP contribution in [0.1, 0.15) is 74.8 Å². The van der Waals surface area contributed by atoms with Crippen LogP contribution in [0.25, 0.3) is 45.1 Å². The Balaban J connectivity index is 1.18. The van der Waals surface area contributed by atoms with Crippen LogP contribution in [0.4, 0.5) is 4.79 Å². The lowest BCUT2D eigenvalue weighted by atomic mass is 9.95. The molecule has 0 radical (unpaired) electrons. The molecule has 1 aliphatic carbocycles. The van der Waals surface area contributed by atoms with Gasteiger partial charge in [-0.1, -0.05) is 25.3 Å². The molecule has 0 atom stereocenters. The first-order valence-electron chi connectivity index (χ1n) is 16.4. The first-order chi connectivity index (χ1) is 23.6. The van der Waals surface area contributed by atoms with Crippen LogP contribution in [-0.2, 0) is 11.3 Å². The Morgan fingerprint density at radius 3 is 2.45 bits per heavy atom. The van der Waals surface area contributed by atoms with Gasteiger partial charge in [0.05, 0.1) is 22.3 Å². The molecule has 0 spiro atoms. The molecule has 7 rings (SSSR count). The van der Waals surface area contributed by atoms with E-state index in [-0.39, 0.29) is 12.2 Å².